The molecule has 1 fully saturated rings. The molecule has 1 aliphatic heterocycles. The molecule has 0 saturated carbocycles. The SMILES string of the molecule is CC(C)N1CC[C@@H](CC(F)F)C1. The third-order valence-corrected chi connectivity index (χ3v) is 2.56. The third kappa shape index (κ3) is 2.70. The van der Waals surface area contributed by atoms with Gasteiger partial charge in [0.05, 0.1) is 0 Å². The summed E-state index contributed by atoms with van der Waals surface area (Å²) < 4.78 is 24.0. The van der Waals surface area contributed by atoms with Gasteiger partial charge >= 0.3 is 0 Å². The molecule has 0 spiro atoms. The number of rotatable bonds is 3. The maximum absolute atomic E-state index is 12.0. The molecule has 1 rings (SSSR count). The summed E-state index contributed by atoms with van der Waals surface area (Å²) >= 11 is 0. The molecule has 0 N–H and O–H groups in total. The molecule has 0 aromatic heterocycles. The number of nitrogens with zero attached hydrogens (tertiary/aromatic N) is 1. The Morgan fingerprint density at radius 2 is 2.08 bits per heavy atom. The summed E-state index contributed by atoms with van der Waals surface area (Å²) in [6.07, 6.45) is -1.09. The van der Waals surface area contributed by atoms with Crippen molar-refractivity contribution >= 4 is 0 Å². The van der Waals surface area contributed by atoms with E-state index in [4.69, 9.17) is 0 Å². The number of hydrogen-bond donors (Lipinski definition) is 0. The van der Waals surface area contributed by atoms with Crippen LogP contribution in [0.15, 0.2) is 0 Å². The number of alkyl halides is 2. The van der Waals surface area contributed by atoms with Crippen molar-refractivity contribution in [1.82, 2.24) is 4.90 Å². The molecule has 0 aromatic carbocycles. The van der Waals surface area contributed by atoms with E-state index >= 15 is 0 Å². The average molecular weight is 177 g/mol. The van der Waals surface area contributed by atoms with E-state index in [0.717, 1.165) is 19.5 Å². The molecule has 0 radical (unpaired) electrons. The molecule has 0 aliphatic carbocycles. The first-order valence-corrected chi connectivity index (χ1v) is 4.61. The van der Waals surface area contributed by atoms with Crippen LogP contribution in [0.4, 0.5) is 8.78 Å². The minimum atomic E-state index is -2.12. The Morgan fingerprint density at radius 3 is 2.50 bits per heavy atom. The number of likely N-dealkylation sites (tertiary alicyclic amines) is 1. The normalized spacial score (nSPS) is 26.0. The van der Waals surface area contributed by atoms with Gasteiger partial charge in [0.2, 0.25) is 6.43 Å². The smallest absolute Gasteiger partial charge is 0.238 e. The zero-order valence-electron chi connectivity index (χ0n) is 7.76. The lowest BCUT2D eigenvalue weighted by atomic mass is 10.1. The van der Waals surface area contributed by atoms with E-state index in [2.05, 4.69) is 18.7 Å². The lowest BCUT2D eigenvalue weighted by Crippen LogP contribution is -2.28. The van der Waals surface area contributed by atoms with Crippen molar-refractivity contribution in [3.63, 3.8) is 0 Å². The Bertz CT molecular complexity index is 136. The van der Waals surface area contributed by atoms with E-state index in [-0.39, 0.29) is 12.3 Å². The molecule has 0 bridgehead atoms. The van der Waals surface area contributed by atoms with Crippen LogP contribution in [0.5, 0.6) is 0 Å². The Kier molecular flexibility index (Phi) is 3.44. The van der Waals surface area contributed by atoms with Crippen molar-refractivity contribution < 1.29 is 8.78 Å². The molecule has 12 heavy (non-hydrogen) atoms. The molecule has 0 aromatic rings. The van der Waals surface area contributed by atoms with Gasteiger partial charge < -0.3 is 4.90 Å². The molecular formula is C9H17F2N. The van der Waals surface area contributed by atoms with Gasteiger partial charge in [-0.05, 0) is 32.7 Å². The molecule has 0 unspecified atom stereocenters. The summed E-state index contributed by atoms with van der Waals surface area (Å²) in [6.45, 7) is 6.09. The van der Waals surface area contributed by atoms with Gasteiger partial charge in [-0.1, -0.05) is 0 Å². The predicted octanol–water partition coefficient (Wildman–Crippen LogP) is 2.37. The molecule has 3 heteroatoms. The monoisotopic (exact) mass is 177 g/mol. The second-order valence-corrected chi connectivity index (χ2v) is 3.87. The highest BCUT2D eigenvalue weighted by atomic mass is 19.3. The Labute approximate surface area is 72.7 Å². The van der Waals surface area contributed by atoms with E-state index in [0.29, 0.717) is 6.04 Å². The quantitative estimate of drug-likeness (QED) is 0.639. The second kappa shape index (κ2) is 4.17. The van der Waals surface area contributed by atoms with Crippen molar-refractivity contribution in [1.29, 1.82) is 0 Å². The molecule has 1 heterocycles. The summed E-state index contributed by atoms with van der Waals surface area (Å²) in [5, 5.41) is 0. The first-order valence-electron chi connectivity index (χ1n) is 4.61. The largest absolute Gasteiger partial charge is 0.301 e. The molecule has 0 amide bonds. The number of hydrogen-bond acceptors (Lipinski definition) is 1. The van der Waals surface area contributed by atoms with E-state index < -0.39 is 6.43 Å². The fraction of sp³-hybridized carbons (Fsp3) is 1.00. The van der Waals surface area contributed by atoms with Crippen LogP contribution in [0.2, 0.25) is 0 Å². The lowest BCUT2D eigenvalue weighted by molar-refractivity contribution is 0.114. The van der Waals surface area contributed by atoms with E-state index in [1.165, 1.54) is 0 Å². The topological polar surface area (TPSA) is 3.24 Å². The van der Waals surface area contributed by atoms with Crippen LogP contribution in [0.25, 0.3) is 0 Å². The van der Waals surface area contributed by atoms with Crippen molar-refractivity contribution in [3.05, 3.63) is 0 Å². The third-order valence-electron chi connectivity index (χ3n) is 2.56. The Morgan fingerprint density at radius 1 is 1.42 bits per heavy atom. The fourth-order valence-electron chi connectivity index (χ4n) is 1.78. The van der Waals surface area contributed by atoms with Crippen LogP contribution in [0.1, 0.15) is 26.7 Å². The summed E-state index contributed by atoms with van der Waals surface area (Å²) in [7, 11) is 0. The Hall–Kier alpha value is -0.180. The van der Waals surface area contributed by atoms with Crippen LogP contribution in [-0.4, -0.2) is 30.5 Å². The summed E-state index contributed by atoms with van der Waals surface area (Å²) in [5.41, 5.74) is 0. The van der Waals surface area contributed by atoms with Crippen molar-refractivity contribution in [2.45, 2.75) is 39.2 Å². The van der Waals surface area contributed by atoms with Crippen molar-refractivity contribution in [2.24, 2.45) is 5.92 Å². The van der Waals surface area contributed by atoms with Gasteiger partial charge in [0.15, 0.2) is 0 Å². The van der Waals surface area contributed by atoms with Gasteiger partial charge in [-0.2, -0.15) is 0 Å². The van der Waals surface area contributed by atoms with E-state index in [1.807, 2.05) is 0 Å². The van der Waals surface area contributed by atoms with Gasteiger partial charge in [0.1, 0.15) is 0 Å². The fourth-order valence-corrected chi connectivity index (χ4v) is 1.78. The minimum absolute atomic E-state index is 0.0865. The second-order valence-electron chi connectivity index (χ2n) is 3.87. The van der Waals surface area contributed by atoms with Gasteiger partial charge in [0, 0.05) is 19.0 Å². The Balaban J connectivity index is 2.26. The molecule has 1 aliphatic rings. The zero-order valence-corrected chi connectivity index (χ0v) is 7.76. The maximum Gasteiger partial charge on any atom is 0.238 e. The minimum Gasteiger partial charge on any atom is -0.301 e. The summed E-state index contributed by atoms with van der Waals surface area (Å²) in [5.74, 6) is 0.229. The average Bonchev–Trinajstić information content (AvgIpc) is 2.34. The molecule has 1 saturated heterocycles. The van der Waals surface area contributed by atoms with Gasteiger partial charge in [-0.25, -0.2) is 8.78 Å². The first-order chi connectivity index (χ1) is 5.59. The molecule has 72 valence electrons. The molecular weight excluding hydrogens is 160 g/mol. The predicted molar refractivity (Wildman–Crippen MR) is 45.4 cm³/mol. The lowest BCUT2D eigenvalue weighted by Gasteiger charge is -2.20. The highest BCUT2D eigenvalue weighted by molar-refractivity contribution is 4.77. The summed E-state index contributed by atoms with van der Waals surface area (Å²) in [6, 6.07) is 0.507. The summed E-state index contributed by atoms with van der Waals surface area (Å²) in [4.78, 5) is 2.27. The van der Waals surface area contributed by atoms with Crippen LogP contribution in [0, 0.1) is 5.92 Å². The maximum atomic E-state index is 12.0. The zero-order chi connectivity index (χ0) is 9.14. The van der Waals surface area contributed by atoms with Crippen molar-refractivity contribution in [2.75, 3.05) is 13.1 Å². The molecule has 1 atom stereocenters. The number of halogens is 2. The van der Waals surface area contributed by atoms with Gasteiger partial charge in [-0.3, -0.25) is 0 Å². The van der Waals surface area contributed by atoms with Crippen LogP contribution < -0.4 is 0 Å². The van der Waals surface area contributed by atoms with Gasteiger partial charge in [0.25, 0.3) is 0 Å². The van der Waals surface area contributed by atoms with Crippen LogP contribution in [0.3, 0.4) is 0 Å². The van der Waals surface area contributed by atoms with E-state index in [1.54, 1.807) is 0 Å². The van der Waals surface area contributed by atoms with Crippen LogP contribution >= 0.6 is 0 Å². The highest BCUT2D eigenvalue weighted by Gasteiger charge is 2.26. The molecule has 1 nitrogen and oxygen atoms in total. The van der Waals surface area contributed by atoms with Crippen molar-refractivity contribution in [3.8, 4) is 0 Å². The first kappa shape index (κ1) is 9.90. The highest BCUT2D eigenvalue weighted by Crippen LogP contribution is 2.23. The van der Waals surface area contributed by atoms with Crippen LogP contribution in [-0.2, 0) is 0 Å². The van der Waals surface area contributed by atoms with Gasteiger partial charge in [-0.15, -0.1) is 0 Å². The van der Waals surface area contributed by atoms with E-state index in [9.17, 15) is 8.78 Å². The standard InChI is InChI=1S/C9H17F2N/c1-7(2)12-4-3-8(6-12)5-9(10)11/h7-9H,3-6H2,1-2H3/t8-/m0/s1.